The molecule has 1 aromatic carbocycles. The number of rotatable bonds is 10. The molecule has 6 nitrogen and oxygen atoms in total. The third-order valence-electron chi connectivity index (χ3n) is 6.32. The summed E-state index contributed by atoms with van der Waals surface area (Å²) in [5, 5.41) is 6.99. The number of aliphatic imine (C=N–C) groups is 1. The predicted octanol–water partition coefficient (Wildman–Crippen LogP) is 2.41. The van der Waals surface area contributed by atoms with Crippen molar-refractivity contribution in [2.24, 2.45) is 4.99 Å². The lowest BCUT2D eigenvalue weighted by Crippen LogP contribution is -2.44. The molecule has 168 valence electrons. The number of benzene rings is 1. The Hall–Kier alpha value is -1.63. The zero-order chi connectivity index (χ0) is 21.0. The van der Waals surface area contributed by atoms with E-state index in [-0.39, 0.29) is 0 Å². The second-order valence-corrected chi connectivity index (χ2v) is 8.67. The van der Waals surface area contributed by atoms with Gasteiger partial charge < -0.3 is 20.4 Å². The molecule has 3 rings (SSSR count). The van der Waals surface area contributed by atoms with Crippen LogP contribution in [-0.4, -0.2) is 93.2 Å². The minimum atomic E-state index is 0.376. The van der Waals surface area contributed by atoms with Gasteiger partial charge in [-0.2, -0.15) is 0 Å². The number of nitrogens with one attached hydrogen (secondary N) is 2. The molecule has 0 radical (unpaired) electrons. The first-order chi connectivity index (χ1) is 14.8. The molecule has 2 aliphatic heterocycles. The number of piperazine rings is 1. The van der Waals surface area contributed by atoms with Crippen molar-refractivity contribution in [2.45, 2.75) is 38.6 Å². The van der Waals surface area contributed by atoms with Crippen molar-refractivity contribution in [3.63, 3.8) is 0 Å². The number of unbranched alkanes of at least 4 members (excludes halogenated alkanes) is 1. The van der Waals surface area contributed by atoms with Crippen LogP contribution in [0, 0.1) is 0 Å². The Labute approximate surface area is 183 Å². The van der Waals surface area contributed by atoms with Crippen LogP contribution in [0.4, 0.5) is 0 Å². The van der Waals surface area contributed by atoms with E-state index < -0.39 is 0 Å². The number of likely N-dealkylation sites (tertiary alicyclic amines) is 1. The first-order valence-electron chi connectivity index (χ1n) is 12.0. The highest BCUT2D eigenvalue weighted by atomic mass is 15.2. The molecule has 2 fully saturated rings. The van der Waals surface area contributed by atoms with E-state index in [4.69, 9.17) is 4.99 Å². The van der Waals surface area contributed by atoms with E-state index in [0.29, 0.717) is 6.04 Å². The summed E-state index contributed by atoms with van der Waals surface area (Å²) in [6.45, 7) is 13.2. The highest BCUT2D eigenvalue weighted by molar-refractivity contribution is 5.79. The average Bonchev–Trinajstić information content (AvgIpc) is 3.30. The summed E-state index contributed by atoms with van der Waals surface area (Å²) < 4.78 is 0. The molecule has 0 bridgehead atoms. The molecule has 1 unspecified atom stereocenters. The zero-order valence-corrected chi connectivity index (χ0v) is 19.2. The van der Waals surface area contributed by atoms with Crippen molar-refractivity contribution < 1.29 is 0 Å². The Morgan fingerprint density at radius 3 is 2.40 bits per heavy atom. The fourth-order valence-electron chi connectivity index (χ4n) is 4.42. The smallest absolute Gasteiger partial charge is 0.191 e. The van der Waals surface area contributed by atoms with Gasteiger partial charge >= 0.3 is 0 Å². The van der Waals surface area contributed by atoms with Gasteiger partial charge in [-0.1, -0.05) is 30.3 Å². The van der Waals surface area contributed by atoms with Crippen molar-refractivity contribution in [2.75, 3.05) is 72.5 Å². The Bertz CT molecular complexity index is 605. The van der Waals surface area contributed by atoms with Gasteiger partial charge in [0.2, 0.25) is 0 Å². The Morgan fingerprint density at radius 1 is 0.967 bits per heavy atom. The topological polar surface area (TPSA) is 46.1 Å². The Balaban J connectivity index is 1.45. The SMILES string of the molecule is CCNC(=NCC(c1ccccc1)N1CCCC1)NCCCCN1CCN(C)CC1. The van der Waals surface area contributed by atoms with E-state index >= 15 is 0 Å². The quantitative estimate of drug-likeness (QED) is 0.350. The van der Waals surface area contributed by atoms with Gasteiger partial charge in [-0.15, -0.1) is 0 Å². The summed E-state index contributed by atoms with van der Waals surface area (Å²) in [4.78, 5) is 12.6. The molecule has 0 spiro atoms. The number of hydrogen-bond acceptors (Lipinski definition) is 4. The molecule has 2 N–H and O–H groups in total. The fraction of sp³-hybridized carbons (Fsp3) is 0.708. The predicted molar refractivity (Wildman–Crippen MR) is 127 cm³/mol. The third kappa shape index (κ3) is 7.56. The van der Waals surface area contributed by atoms with Crippen LogP contribution in [0.2, 0.25) is 0 Å². The van der Waals surface area contributed by atoms with E-state index in [1.807, 2.05) is 0 Å². The number of likely N-dealkylation sites (N-methyl/N-ethyl adjacent to an activating group) is 1. The van der Waals surface area contributed by atoms with Crippen LogP contribution in [0.15, 0.2) is 35.3 Å². The second kappa shape index (κ2) is 12.9. The van der Waals surface area contributed by atoms with Crippen molar-refractivity contribution in [1.29, 1.82) is 0 Å². The van der Waals surface area contributed by atoms with E-state index in [9.17, 15) is 0 Å². The Kier molecular flexibility index (Phi) is 9.93. The molecular weight excluding hydrogens is 372 g/mol. The lowest BCUT2D eigenvalue weighted by atomic mass is 10.1. The minimum Gasteiger partial charge on any atom is -0.357 e. The summed E-state index contributed by atoms with van der Waals surface area (Å²) in [6, 6.07) is 11.3. The van der Waals surface area contributed by atoms with Crippen LogP contribution in [0.3, 0.4) is 0 Å². The number of guanidine groups is 1. The van der Waals surface area contributed by atoms with Crippen molar-refractivity contribution in [3.8, 4) is 0 Å². The van der Waals surface area contributed by atoms with E-state index in [1.165, 1.54) is 77.1 Å². The molecule has 0 aliphatic carbocycles. The molecule has 2 aliphatic rings. The van der Waals surface area contributed by atoms with Crippen LogP contribution in [-0.2, 0) is 0 Å². The van der Waals surface area contributed by atoms with Crippen LogP contribution in [0.5, 0.6) is 0 Å². The third-order valence-corrected chi connectivity index (χ3v) is 6.32. The molecule has 0 aromatic heterocycles. The highest BCUT2D eigenvalue weighted by Crippen LogP contribution is 2.25. The summed E-state index contributed by atoms with van der Waals surface area (Å²) >= 11 is 0. The molecule has 30 heavy (non-hydrogen) atoms. The van der Waals surface area contributed by atoms with E-state index in [2.05, 4.69) is 69.6 Å². The first-order valence-corrected chi connectivity index (χ1v) is 12.0. The number of hydrogen-bond donors (Lipinski definition) is 2. The average molecular weight is 415 g/mol. The maximum atomic E-state index is 4.97. The van der Waals surface area contributed by atoms with Crippen LogP contribution < -0.4 is 10.6 Å². The lowest BCUT2D eigenvalue weighted by molar-refractivity contribution is 0.152. The monoisotopic (exact) mass is 414 g/mol. The van der Waals surface area contributed by atoms with Gasteiger partial charge in [0.1, 0.15) is 0 Å². The van der Waals surface area contributed by atoms with Gasteiger partial charge in [0.05, 0.1) is 12.6 Å². The lowest BCUT2D eigenvalue weighted by Gasteiger charge is -2.32. The molecular formula is C24H42N6. The maximum Gasteiger partial charge on any atom is 0.191 e. The maximum absolute atomic E-state index is 4.97. The van der Waals surface area contributed by atoms with E-state index in [1.54, 1.807) is 0 Å². The zero-order valence-electron chi connectivity index (χ0n) is 19.2. The standard InChI is InChI=1S/C24H42N6/c1-3-25-24(26-13-7-8-14-29-19-17-28(2)18-20-29)27-21-23(30-15-9-10-16-30)22-11-5-4-6-12-22/h4-6,11-12,23H,3,7-10,13-21H2,1-2H3,(H2,25,26,27). The van der Waals surface area contributed by atoms with Gasteiger partial charge in [-0.05, 0) is 64.9 Å². The fourth-order valence-corrected chi connectivity index (χ4v) is 4.42. The molecule has 0 saturated carbocycles. The molecule has 1 atom stereocenters. The number of nitrogens with zero attached hydrogens (tertiary/aromatic N) is 4. The van der Waals surface area contributed by atoms with E-state index in [0.717, 1.165) is 25.6 Å². The molecule has 1 aromatic rings. The Morgan fingerprint density at radius 2 is 1.70 bits per heavy atom. The first kappa shape index (κ1) is 23.0. The van der Waals surface area contributed by atoms with Crippen LogP contribution >= 0.6 is 0 Å². The van der Waals surface area contributed by atoms with Crippen LogP contribution in [0.1, 0.15) is 44.2 Å². The van der Waals surface area contributed by atoms with Gasteiger partial charge in [-0.3, -0.25) is 9.89 Å². The van der Waals surface area contributed by atoms with Crippen molar-refractivity contribution in [3.05, 3.63) is 35.9 Å². The van der Waals surface area contributed by atoms with Gasteiger partial charge in [0.25, 0.3) is 0 Å². The van der Waals surface area contributed by atoms with Gasteiger partial charge in [0.15, 0.2) is 5.96 Å². The minimum absolute atomic E-state index is 0.376. The summed E-state index contributed by atoms with van der Waals surface area (Å²) in [5.74, 6) is 0.956. The molecule has 6 heteroatoms. The molecule has 2 saturated heterocycles. The summed E-state index contributed by atoms with van der Waals surface area (Å²) in [5.41, 5.74) is 1.38. The molecule has 0 amide bonds. The normalized spacial score (nSPS) is 20.4. The van der Waals surface area contributed by atoms with Crippen molar-refractivity contribution >= 4 is 5.96 Å². The summed E-state index contributed by atoms with van der Waals surface area (Å²) in [6.07, 6.45) is 5.04. The van der Waals surface area contributed by atoms with Crippen LogP contribution in [0.25, 0.3) is 0 Å². The second-order valence-electron chi connectivity index (χ2n) is 8.67. The highest BCUT2D eigenvalue weighted by Gasteiger charge is 2.23. The van der Waals surface area contributed by atoms with Crippen molar-refractivity contribution in [1.82, 2.24) is 25.3 Å². The van der Waals surface area contributed by atoms with Gasteiger partial charge in [0, 0.05) is 39.3 Å². The summed E-state index contributed by atoms with van der Waals surface area (Å²) in [7, 11) is 2.22. The largest absolute Gasteiger partial charge is 0.357 e. The van der Waals surface area contributed by atoms with Gasteiger partial charge in [-0.25, -0.2) is 0 Å². The molecule has 2 heterocycles.